The molecule has 4 rings (SSSR count). The molecule has 8 nitrogen and oxygen atoms in total. The van der Waals surface area contributed by atoms with Gasteiger partial charge in [-0.1, -0.05) is 41.4 Å². The van der Waals surface area contributed by atoms with Crippen molar-refractivity contribution in [2.75, 3.05) is 5.32 Å². The summed E-state index contributed by atoms with van der Waals surface area (Å²) in [5.74, 6) is 0.437. The summed E-state index contributed by atoms with van der Waals surface area (Å²) in [4.78, 5) is 29.1. The van der Waals surface area contributed by atoms with E-state index in [0.29, 0.717) is 17.4 Å². The van der Waals surface area contributed by atoms with Gasteiger partial charge in [-0.3, -0.25) is 4.79 Å². The van der Waals surface area contributed by atoms with Crippen LogP contribution in [0.15, 0.2) is 65.6 Å². The minimum absolute atomic E-state index is 0.198. The van der Waals surface area contributed by atoms with Gasteiger partial charge in [0, 0.05) is 23.5 Å². The zero-order chi connectivity index (χ0) is 21.1. The Hall–Kier alpha value is -3.65. The van der Waals surface area contributed by atoms with Crippen LogP contribution in [-0.2, 0) is 17.9 Å². The first kappa shape index (κ1) is 19.7. The smallest absolute Gasteiger partial charge is 0.350 e. The highest BCUT2D eigenvalue weighted by Crippen LogP contribution is 2.15. The third kappa shape index (κ3) is 4.49. The molecule has 0 radical (unpaired) electrons. The number of aryl methyl sites for hydroxylation is 1. The number of fused-ring (bicyclic) bond motifs is 1. The second-order valence-electron chi connectivity index (χ2n) is 6.82. The average molecular weight is 423 g/mol. The molecule has 0 saturated carbocycles. The Kier molecular flexibility index (Phi) is 5.49. The number of halogens is 1. The molecule has 30 heavy (non-hydrogen) atoms. The number of hydrogen-bond acceptors (Lipinski definition) is 5. The molecule has 0 aliphatic heterocycles. The molecule has 1 amide bonds. The number of carbonyl (C=O) groups is 1. The van der Waals surface area contributed by atoms with Crippen molar-refractivity contribution in [2.24, 2.45) is 0 Å². The third-order valence-corrected chi connectivity index (χ3v) is 4.73. The molecule has 0 bridgehead atoms. The van der Waals surface area contributed by atoms with Crippen LogP contribution in [0, 0.1) is 6.92 Å². The Morgan fingerprint density at radius 1 is 1.07 bits per heavy atom. The minimum Gasteiger partial charge on any atom is -0.350 e. The molecule has 2 aromatic carbocycles. The van der Waals surface area contributed by atoms with Gasteiger partial charge in [0.05, 0.1) is 0 Å². The molecule has 2 heterocycles. The predicted molar refractivity (Wildman–Crippen MR) is 115 cm³/mol. The lowest BCUT2D eigenvalue weighted by atomic mass is 10.2. The lowest BCUT2D eigenvalue weighted by molar-refractivity contribution is -0.122. The Morgan fingerprint density at radius 2 is 1.80 bits per heavy atom. The number of nitrogens with one attached hydrogen (secondary N) is 2. The standard InChI is InChI=1S/C21H19ClN6O2/c1-14-2-8-17(9-3-14)24-18-10-11-27-20(25-18)26-28(21(27)30)13-19(29)23-12-15-4-6-16(22)7-5-15/h2-11H,12-13H2,1H3,(H,23,29)(H,24,25,26). The maximum absolute atomic E-state index is 12.5. The fourth-order valence-corrected chi connectivity index (χ4v) is 2.98. The van der Waals surface area contributed by atoms with Crippen LogP contribution in [0.3, 0.4) is 0 Å². The maximum atomic E-state index is 12.5. The Labute approximate surface area is 177 Å². The number of benzene rings is 2. The number of carbonyl (C=O) groups excluding carboxylic acids is 1. The van der Waals surface area contributed by atoms with Gasteiger partial charge < -0.3 is 10.6 Å². The summed E-state index contributed by atoms with van der Waals surface area (Å²) >= 11 is 5.85. The number of nitrogens with zero attached hydrogens (tertiary/aromatic N) is 4. The van der Waals surface area contributed by atoms with Gasteiger partial charge in [-0.2, -0.15) is 4.98 Å². The van der Waals surface area contributed by atoms with Crippen molar-refractivity contribution >= 4 is 34.8 Å². The van der Waals surface area contributed by atoms with Gasteiger partial charge in [-0.25, -0.2) is 13.9 Å². The number of hydrogen-bond donors (Lipinski definition) is 2. The zero-order valence-electron chi connectivity index (χ0n) is 16.2. The SMILES string of the molecule is Cc1ccc(Nc2ccn3c(=O)n(CC(=O)NCc4ccc(Cl)cc4)nc3n2)cc1. The lowest BCUT2D eigenvalue weighted by Gasteiger charge is -2.05. The van der Waals surface area contributed by atoms with Crippen LogP contribution >= 0.6 is 11.6 Å². The van der Waals surface area contributed by atoms with E-state index in [1.165, 1.54) is 4.40 Å². The number of rotatable bonds is 6. The first-order valence-corrected chi connectivity index (χ1v) is 9.67. The second-order valence-corrected chi connectivity index (χ2v) is 7.25. The third-order valence-electron chi connectivity index (χ3n) is 4.47. The molecular formula is C21H19ClN6O2. The van der Waals surface area contributed by atoms with Gasteiger partial charge in [0.15, 0.2) is 0 Å². The summed E-state index contributed by atoms with van der Waals surface area (Å²) in [6.45, 7) is 2.15. The number of anilines is 2. The summed E-state index contributed by atoms with van der Waals surface area (Å²) < 4.78 is 2.39. The van der Waals surface area contributed by atoms with E-state index in [1.807, 2.05) is 43.3 Å². The van der Waals surface area contributed by atoms with Crippen LogP contribution in [0.4, 0.5) is 11.5 Å². The first-order valence-electron chi connectivity index (χ1n) is 9.29. The molecule has 4 aromatic rings. The van der Waals surface area contributed by atoms with Crippen LogP contribution in [-0.4, -0.2) is 25.1 Å². The maximum Gasteiger partial charge on any atom is 0.352 e. The molecule has 2 aromatic heterocycles. The van der Waals surface area contributed by atoms with Gasteiger partial charge in [0.1, 0.15) is 12.4 Å². The van der Waals surface area contributed by atoms with Gasteiger partial charge in [-0.05, 0) is 42.8 Å². The van der Waals surface area contributed by atoms with E-state index < -0.39 is 5.69 Å². The predicted octanol–water partition coefficient (Wildman–Crippen LogP) is 2.91. The van der Waals surface area contributed by atoms with Crippen LogP contribution in [0.1, 0.15) is 11.1 Å². The highest BCUT2D eigenvalue weighted by Gasteiger charge is 2.12. The van der Waals surface area contributed by atoms with Crippen molar-refractivity contribution < 1.29 is 4.79 Å². The summed E-state index contributed by atoms with van der Waals surface area (Å²) in [5, 5.41) is 10.7. The van der Waals surface area contributed by atoms with E-state index in [-0.39, 0.29) is 18.2 Å². The highest BCUT2D eigenvalue weighted by molar-refractivity contribution is 6.30. The molecule has 2 N–H and O–H groups in total. The molecular weight excluding hydrogens is 404 g/mol. The zero-order valence-corrected chi connectivity index (χ0v) is 16.9. The first-order chi connectivity index (χ1) is 14.5. The van der Waals surface area contributed by atoms with E-state index in [0.717, 1.165) is 21.5 Å². The van der Waals surface area contributed by atoms with Crippen LogP contribution in [0.2, 0.25) is 5.02 Å². The van der Waals surface area contributed by atoms with Crippen molar-refractivity contribution in [3.05, 3.63) is 87.4 Å². The fourth-order valence-electron chi connectivity index (χ4n) is 2.86. The van der Waals surface area contributed by atoms with Crippen molar-refractivity contribution in [3.8, 4) is 0 Å². The largest absolute Gasteiger partial charge is 0.352 e. The molecule has 0 aliphatic rings. The van der Waals surface area contributed by atoms with E-state index in [4.69, 9.17) is 11.6 Å². The minimum atomic E-state index is -0.430. The number of amides is 1. The van der Waals surface area contributed by atoms with Crippen molar-refractivity contribution in [1.29, 1.82) is 0 Å². The molecule has 9 heteroatoms. The highest BCUT2D eigenvalue weighted by atomic mass is 35.5. The monoisotopic (exact) mass is 422 g/mol. The summed E-state index contributed by atoms with van der Waals surface area (Å²) in [6.07, 6.45) is 1.58. The Morgan fingerprint density at radius 3 is 2.53 bits per heavy atom. The average Bonchev–Trinajstić information content (AvgIpc) is 3.04. The Balaban J connectivity index is 1.45. The van der Waals surface area contributed by atoms with Gasteiger partial charge in [0.25, 0.3) is 5.78 Å². The van der Waals surface area contributed by atoms with Gasteiger partial charge in [0.2, 0.25) is 5.91 Å². The summed E-state index contributed by atoms with van der Waals surface area (Å²) in [6, 6.07) is 16.7. The van der Waals surface area contributed by atoms with Crippen LogP contribution in [0.5, 0.6) is 0 Å². The lowest BCUT2D eigenvalue weighted by Crippen LogP contribution is -2.32. The van der Waals surface area contributed by atoms with Crippen molar-refractivity contribution in [2.45, 2.75) is 20.0 Å². The van der Waals surface area contributed by atoms with Crippen molar-refractivity contribution in [1.82, 2.24) is 24.5 Å². The Bertz CT molecular complexity index is 1250. The molecule has 152 valence electrons. The molecule has 0 atom stereocenters. The van der Waals surface area contributed by atoms with Crippen molar-refractivity contribution in [3.63, 3.8) is 0 Å². The second kappa shape index (κ2) is 8.38. The molecule has 0 spiro atoms. The molecule has 0 fully saturated rings. The van der Waals surface area contributed by atoms with E-state index >= 15 is 0 Å². The quantitative estimate of drug-likeness (QED) is 0.498. The molecule has 0 unspecified atom stereocenters. The molecule has 0 saturated heterocycles. The number of aromatic nitrogens is 4. The fraction of sp³-hybridized carbons (Fsp3) is 0.143. The van der Waals surface area contributed by atoms with E-state index in [2.05, 4.69) is 20.7 Å². The van der Waals surface area contributed by atoms with Crippen LogP contribution < -0.4 is 16.3 Å². The summed E-state index contributed by atoms with van der Waals surface area (Å²) in [7, 11) is 0. The van der Waals surface area contributed by atoms with Gasteiger partial charge >= 0.3 is 5.69 Å². The van der Waals surface area contributed by atoms with Gasteiger partial charge in [-0.15, -0.1) is 5.10 Å². The van der Waals surface area contributed by atoms with E-state index in [1.54, 1.807) is 24.4 Å². The molecule has 0 aliphatic carbocycles. The van der Waals surface area contributed by atoms with Crippen LogP contribution in [0.25, 0.3) is 5.78 Å². The normalized spacial score (nSPS) is 10.9. The topological polar surface area (TPSA) is 93.3 Å². The van der Waals surface area contributed by atoms with E-state index in [9.17, 15) is 9.59 Å². The summed E-state index contributed by atoms with van der Waals surface area (Å²) in [5.41, 5.74) is 2.51.